The lowest BCUT2D eigenvalue weighted by atomic mass is 10.0. The van der Waals surface area contributed by atoms with Gasteiger partial charge in [-0.05, 0) is 54.5 Å². The summed E-state index contributed by atoms with van der Waals surface area (Å²) in [5, 5.41) is 0. The molecule has 4 heteroatoms. The van der Waals surface area contributed by atoms with Crippen molar-refractivity contribution in [2.24, 2.45) is 5.92 Å². The number of rotatable bonds is 1. The van der Waals surface area contributed by atoms with Gasteiger partial charge in [-0.2, -0.15) is 0 Å². The van der Waals surface area contributed by atoms with Gasteiger partial charge in [-0.1, -0.05) is 0 Å². The monoisotopic (exact) mass is 295 g/mol. The highest BCUT2D eigenvalue weighted by molar-refractivity contribution is 5.79. The Kier molecular flexibility index (Phi) is 4.69. The molecule has 2 rings (SSSR count). The summed E-state index contributed by atoms with van der Waals surface area (Å²) in [6, 6.07) is 0. The average Bonchev–Trinajstić information content (AvgIpc) is 2.86. The van der Waals surface area contributed by atoms with Crippen LogP contribution in [-0.2, 0) is 4.79 Å². The zero-order valence-corrected chi connectivity index (χ0v) is 14.8. The fourth-order valence-electron chi connectivity index (χ4n) is 3.43. The highest BCUT2D eigenvalue weighted by Crippen LogP contribution is 2.26. The van der Waals surface area contributed by atoms with Crippen molar-refractivity contribution in [3.05, 3.63) is 0 Å². The van der Waals surface area contributed by atoms with Crippen LogP contribution < -0.4 is 0 Å². The molecule has 1 atom stereocenters. The lowest BCUT2D eigenvalue weighted by molar-refractivity contribution is -0.137. The molecule has 0 spiro atoms. The molecule has 122 valence electrons. The third-order valence-corrected chi connectivity index (χ3v) is 5.03. The number of nitrogens with zero attached hydrogens (tertiary/aromatic N) is 3. The predicted molar refractivity (Wildman–Crippen MR) is 87.3 cm³/mol. The molecule has 0 aromatic rings. The number of hydrogen-bond donors (Lipinski definition) is 0. The molecule has 2 aliphatic heterocycles. The Labute approximate surface area is 130 Å². The Balaban J connectivity index is 1.86. The van der Waals surface area contributed by atoms with Crippen molar-refractivity contribution in [2.75, 3.05) is 39.3 Å². The van der Waals surface area contributed by atoms with Crippen LogP contribution in [0.4, 0.5) is 0 Å². The molecule has 4 nitrogen and oxygen atoms in total. The summed E-state index contributed by atoms with van der Waals surface area (Å²) in [5.41, 5.74) is 0.394. The quantitative estimate of drug-likeness (QED) is 0.741. The molecule has 0 bridgehead atoms. The molecule has 0 aromatic carbocycles. The van der Waals surface area contributed by atoms with E-state index >= 15 is 0 Å². The van der Waals surface area contributed by atoms with Crippen LogP contribution in [0.25, 0.3) is 0 Å². The smallest absolute Gasteiger partial charge is 0.227 e. The van der Waals surface area contributed by atoms with Crippen molar-refractivity contribution in [1.29, 1.82) is 0 Å². The van der Waals surface area contributed by atoms with Crippen molar-refractivity contribution in [3.63, 3.8) is 0 Å². The minimum absolute atomic E-state index is 0.181. The lowest BCUT2D eigenvalue weighted by Crippen LogP contribution is -2.55. The van der Waals surface area contributed by atoms with Gasteiger partial charge in [-0.15, -0.1) is 0 Å². The number of piperazine rings is 1. The van der Waals surface area contributed by atoms with Crippen LogP contribution in [0.3, 0.4) is 0 Å². The SMILES string of the molecule is CC(C)(C)N1CCN(C(=O)[C@@H]2CCN(C(C)(C)C)C2)CC1. The lowest BCUT2D eigenvalue weighted by Gasteiger charge is -2.42. The maximum atomic E-state index is 12.7. The number of carbonyl (C=O) groups is 1. The predicted octanol–water partition coefficient (Wildman–Crippen LogP) is 2.05. The second-order valence-electron chi connectivity index (χ2n) is 8.59. The van der Waals surface area contributed by atoms with Crippen molar-refractivity contribution in [2.45, 2.75) is 59.0 Å². The van der Waals surface area contributed by atoms with E-state index in [1.54, 1.807) is 0 Å². The molecule has 0 radical (unpaired) electrons. The van der Waals surface area contributed by atoms with Gasteiger partial charge in [0.25, 0.3) is 0 Å². The summed E-state index contributed by atoms with van der Waals surface area (Å²) in [7, 11) is 0. The average molecular weight is 295 g/mol. The number of hydrogen-bond acceptors (Lipinski definition) is 3. The Morgan fingerprint density at radius 2 is 1.33 bits per heavy atom. The highest BCUT2D eigenvalue weighted by atomic mass is 16.2. The first-order valence-electron chi connectivity index (χ1n) is 8.38. The van der Waals surface area contributed by atoms with Crippen LogP contribution in [-0.4, -0.2) is 71.0 Å². The summed E-state index contributed by atoms with van der Waals surface area (Å²) >= 11 is 0. The van der Waals surface area contributed by atoms with Crippen LogP contribution in [0, 0.1) is 5.92 Å². The first-order chi connectivity index (χ1) is 9.59. The topological polar surface area (TPSA) is 26.8 Å². The maximum Gasteiger partial charge on any atom is 0.227 e. The standard InChI is InChI=1S/C17H33N3O/c1-16(2,3)19-11-9-18(10-12-19)15(21)14-7-8-20(13-14)17(4,5)6/h14H,7-13H2,1-6H3/t14-/m1/s1. The summed E-state index contributed by atoms with van der Waals surface area (Å²) in [6.45, 7) is 19.3. The van der Waals surface area contributed by atoms with E-state index in [9.17, 15) is 4.79 Å². The zero-order valence-electron chi connectivity index (χ0n) is 14.8. The fourth-order valence-corrected chi connectivity index (χ4v) is 3.43. The molecule has 0 saturated carbocycles. The molecule has 2 heterocycles. The largest absolute Gasteiger partial charge is 0.340 e. The van der Waals surface area contributed by atoms with E-state index in [0.717, 1.165) is 45.7 Å². The zero-order chi connectivity index (χ0) is 15.8. The molecular weight excluding hydrogens is 262 g/mol. The van der Waals surface area contributed by atoms with E-state index in [4.69, 9.17) is 0 Å². The molecule has 2 aliphatic rings. The third-order valence-electron chi connectivity index (χ3n) is 5.03. The number of amides is 1. The Morgan fingerprint density at radius 3 is 1.76 bits per heavy atom. The maximum absolute atomic E-state index is 12.7. The second-order valence-corrected chi connectivity index (χ2v) is 8.59. The minimum atomic E-state index is 0.181. The Hall–Kier alpha value is -0.610. The van der Waals surface area contributed by atoms with Gasteiger partial charge in [0.2, 0.25) is 5.91 Å². The number of likely N-dealkylation sites (tertiary alicyclic amines) is 1. The first-order valence-corrected chi connectivity index (χ1v) is 8.38. The van der Waals surface area contributed by atoms with Gasteiger partial charge in [-0.3, -0.25) is 14.6 Å². The van der Waals surface area contributed by atoms with Gasteiger partial charge in [-0.25, -0.2) is 0 Å². The molecule has 0 aliphatic carbocycles. The molecule has 0 unspecified atom stereocenters. The molecule has 0 aromatic heterocycles. The van der Waals surface area contributed by atoms with E-state index in [2.05, 4.69) is 56.2 Å². The summed E-state index contributed by atoms with van der Waals surface area (Å²) < 4.78 is 0. The molecule has 1 amide bonds. The van der Waals surface area contributed by atoms with Crippen LogP contribution in [0.1, 0.15) is 48.0 Å². The molecule has 21 heavy (non-hydrogen) atoms. The van der Waals surface area contributed by atoms with Crippen LogP contribution in [0.2, 0.25) is 0 Å². The van der Waals surface area contributed by atoms with E-state index in [1.807, 2.05) is 0 Å². The van der Waals surface area contributed by atoms with Crippen molar-refractivity contribution in [1.82, 2.24) is 14.7 Å². The van der Waals surface area contributed by atoms with Gasteiger partial charge in [0.1, 0.15) is 0 Å². The van der Waals surface area contributed by atoms with Crippen molar-refractivity contribution in [3.8, 4) is 0 Å². The van der Waals surface area contributed by atoms with Crippen molar-refractivity contribution >= 4 is 5.91 Å². The Bertz CT molecular complexity index is 372. The van der Waals surface area contributed by atoms with E-state index in [1.165, 1.54) is 0 Å². The van der Waals surface area contributed by atoms with Gasteiger partial charge >= 0.3 is 0 Å². The number of carbonyl (C=O) groups excluding carboxylic acids is 1. The van der Waals surface area contributed by atoms with E-state index < -0.39 is 0 Å². The van der Waals surface area contributed by atoms with E-state index in [0.29, 0.717) is 5.91 Å². The van der Waals surface area contributed by atoms with Crippen LogP contribution >= 0.6 is 0 Å². The van der Waals surface area contributed by atoms with Gasteiger partial charge < -0.3 is 4.90 Å². The van der Waals surface area contributed by atoms with Crippen LogP contribution in [0.15, 0.2) is 0 Å². The molecule has 2 saturated heterocycles. The molecular formula is C17H33N3O. The normalized spacial score (nSPS) is 26.4. The van der Waals surface area contributed by atoms with Crippen LogP contribution in [0.5, 0.6) is 0 Å². The highest BCUT2D eigenvalue weighted by Gasteiger charge is 2.37. The summed E-state index contributed by atoms with van der Waals surface area (Å²) in [6.07, 6.45) is 1.02. The fraction of sp³-hybridized carbons (Fsp3) is 0.941. The minimum Gasteiger partial charge on any atom is -0.340 e. The second kappa shape index (κ2) is 5.88. The first kappa shape index (κ1) is 16.8. The summed E-state index contributed by atoms with van der Waals surface area (Å²) in [5.74, 6) is 0.598. The van der Waals surface area contributed by atoms with Gasteiger partial charge in [0, 0.05) is 43.8 Å². The third kappa shape index (κ3) is 3.98. The Morgan fingerprint density at radius 1 is 0.810 bits per heavy atom. The molecule has 2 fully saturated rings. The van der Waals surface area contributed by atoms with E-state index in [-0.39, 0.29) is 17.0 Å². The summed E-state index contributed by atoms with van der Waals surface area (Å²) in [4.78, 5) is 19.7. The molecule has 0 N–H and O–H groups in total. The van der Waals surface area contributed by atoms with Gasteiger partial charge in [0.05, 0.1) is 5.92 Å². The van der Waals surface area contributed by atoms with Gasteiger partial charge in [0.15, 0.2) is 0 Å². The van der Waals surface area contributed by atoms with Crippen molar-refractivity contribution < 1.29 is 4.79 Å².